The Hall–Kier alpha value is -3.15. The predicted molar refractivity (Wildman–Crippen MR) is 101 cm³/mol. The third kappa shape index (κ3) is 3.69. The van der Waals surface area contributed by atoms with Crippen LogP contribution in [0.25, 0.3) is 16.5 Å². The first-order chi connectivity index (χ1) is 13.0. The van der Waals surface area contributed by atoms with Gasteiger partial charge in [-0.05, 0) is 35.9 Å². The summed E-state index contributed by atoms with van der Waals surface area (Å²) in [7, 11) is 0. The van der Waals surface area contributed by atoms with Crippen LogP contribution in [-0.2, 0) is 6.18 Å². The van der Waals surface area contributed by atoms with Crippen LogP contribution in [0.3, 0.4) is 0 Å². The number of hydrogen-bond donors (Lipinski definition) is 1. The van der Waals surface area contributed by atoms with Gasteiger partial charge >= 0.3 is 6.18 Å². The largest absolute Gasteiger partial charge is 0.416 e. The molecule has 0 saturated heterocycles. The zero-order valence-corrected chi connectivity index (χ0v) is 14.3. The topological polar surface area (TPSA) is 37.3 Å². The Morgan fingerprint density at radius 1 is 1.00 bits per heavy atom. The molecule has 0 amide bonds. The average molecular weight is 367 g/mol. The van der Waals surface area contributed by atoms with Crippen LogP contribution >= 0.6 is 0 Å². The van der Waals surface area contributed by atoms with Gasteiger partial charge in [-0.3, -0.25) is 4.99 Å². The van der Waals surface area contributed by atoms with E-state index < -0.39 is 11.7 Å². The minimum absolute atomic E-state index is 0.448. The molecule has 0 unspecified atom stereocenters. The summed E-state index contributed by atoms with van der Waals surface area (Å²) < 4.78 is 39.5. The summed E-state index contributed by atoms with van der Waals surface area (Å²) in [5, 5.41) is 4.11. The maximum Gasteiger partial charge on any atom is 0.416 e. The Morgan fingerprint density at radius 3 is 2.63 bits per heavy atom. The van der Waals surface area contributed by atoms with E-state index in [2.05, 4.69) is 15.3 Å². The van der Waals surface area contributed by atoms with E-state index in [1.165, 1.54) is 6.07 Å². The number of alkyl halides is 3. The van der Waals surface area contributed by atoms with Gasteiger partial charge in [-0.25, -0.2) is 4.98 Å². The van der Waals surface area contributed by atoms with Crippen LogP contribution < -0.4 is 5.32 Å². The number of aromatic nitrogens is 1. The highest BCUT2D eigenvalue weighted by Gasteiger charge is 2.30. The van der Waals surface area contributed by atoms with Gasteiger partial charge in [-0.15, -0.1) is 0 Å². The van der Waals surface area contributed by atoms with Crippen LogP contribution in [0.5, 0.6) is 0 Å². The molecule has 0 atom stereocenters. The van der Waals surface area contributed by atoms with Crippen LogP contribution in [0.15, 0.2) is 71.7 Å². The monoisotopic (exact) mass is 367 g/mol. The summed E-state index contributed by atoms with van der Waals surface area (Å²) in [5.41, 5.74) is 1.75. The van der Waals surface area contributed by atoms with Gasteiger partial charge in [0.15, 0.2) is 0 Å². The molecule has 27 heavy (non-hydrogen) atoms. The molecule has 2 heterocycles. The van der Waals surface area contributed by atoms with Crippen molar-refractivity contribution in [3.8, 4) is 0 Å². The number of para-hydroxylation sites is 1. The molecule has 6 heteroatoms. The fourth-order valence-electron chi connectivity index (χ4n) is 3.03. The average Bonchev–Trinajstić information content (AvgIpc) is 3.18. The molecule has 1 aliphatic rings. The van der Waals surface area contributed by atoms with E-state index in [4.69, 9.17) is 0 Å². The van der Waals surface area contributed by atoms with Crippen LogP contribution in [0, 0.1) is 0 Å². The number of benzene rings is 2. The van der Waals surface area contributed by atoms with Crippen molar-refractivity contribution < 1.29 is 13.2 Å². The summed E-state index contributed by atoms with van der Waals surface area (Å²) in [6.45, 7) is 1.36. The first-order valence-electron chi connectivity index (χ1n) is 8.54. The third-order valence-corrected chi connectivity index (χ3v) is 4.36. The normalized spacial score (nSPS) is 14.9. The summed E-state index contributed by atoms with van der Waals surface area (Å²) >= 11 is 0. The number of halogens is 3. The zero-order valence-electron chi connectivity index (χ0n) is 14.3. The number of hydrogen-bond acceptors (Lipinski definition) is 3. The van der Waals surface area contributed by atoms with Crippen molar-refractivity contribution in [2.75, 3.05) is 13.1 Å². The van der Waals surface area contributed by atoms with E-state index in [1.54, 1.807) is 12.1 Å². The summed E-state index contributed by atoms with van der Waals surface area (Å²) in [4.78, 5) is 8.99. The van der Waals surface area contributed by atoms with Gasteiger partial charge in [0.1, 0.15) is 5.84 Å². The third-order valence-electron chi connectivity index (χ3n) is 4.36. The number of fused-ring (bicyclic) bond motifs is 1. The summed E-state index contributed by atoms with van der Waals surface area (Å²) in [6.07, 6.45) is -2.64. The first-order valence-corrected chi connectivity index (χ1v) is 8.54. The lowest BCUT2D eigenvalue weighted by atomic mass is 9.98. The molecule has 0 spiro atoms. The Balaban J connectivity index is 1.87. The van der Waals surface area contributed by atoms with Crippen molar-refractivity contribution in [1.29, 1.82) is 0 Å². The van der Waals surface area contributed by atoms with Crippen molar-refractivity contribution in [2.45, 2.75) is 6.18 Å². The molecular formula is C21H16F3N3. The highest BCUT2D eigenvalue weighted by molar-refractivity contribution is 6.03. The van der Waals surface area contributed by atoms with Gasteiger partial charge in [-0.2, -0.15) is 13.2 Å². The second-order valence-electron chi connectivity index (χ2n) is 6.22. The van der Waals surface area contributed by atoms with E-state index in [-0.39, 0.29) is 0 Å². The number of pyridine rings is 1. The smallest absolute Gasteiger partial charge is 0.369 e. The lowest BCUT2D eigenvalue weighted by Crippen LogP contribution is -2.16. The van der Waals surface area contributed by atoms with Gasteiger partial charge in [0, 0.05) is 17.5 Å². The number of nitrogens with one attached hydrogen (secondary N) is 1. The maximum absolute atomic E-state index is 13.2. The molecule has 1 N–H and O–H groups in total. The molecule has 136 valence electrons. The van der Waals surface area contributed by atoms with Crippen LogP contribution in [0.2, 0.25) is 0 Å². The van der Waals surface area contributed by atoms with E-state index in [0.29, 0.717) is 35.8 Å². The standard InChI is InChI=1S/C21H16F3N3/c22-21(23,24)16-6-3-5-15(12-16)17(13-20-25-10-11-26-20)19-9-8-14-4-1-2-7-18(14)27-19/h1-9,12-13H,10-11H2,(H,25,26)/b17-13+. The number of rotatable bonds is 3. The molecule has 0 aliphatic carbocycles. The summed E-state index contributed by atoms with van der Waals surface area (Å²) in [6, 6.07) is 16.7. The fraction of sp³-hybridized carbons (Fsp3) is 0.143. The molecule has 0 saturated carbocycles. The van der Waals surface area contributed by atoms with Crippen molar-refractivity contribution in [2.24, 2.45) is 4.99 Å². The predicted octanol–water partition coefficient (Wildman–Crippen LogP) is 4.69. The summed E-state index contributed by atoms with van der Waals surface area (Å²) in [5.74, 6) is 0.650. The van der Waals surface area contributed by atoms with Crippen molar-refractivity contribution >= 4 is 22.3 Å². The molecule has 3 nitrogen and oxygen atoms in total. The first kappa shape index (κ1) is 17.3. The van der Waals surface area contributed by atoms with E-state index in [1.807, 2.05) is 36.4 Å². The van der Waals surface area contributed by atoms with Crippen molar-refractivity contribution in [3.63, 3.8) is 0 Å². The SMILES string of the molecule is FC(F)(F)c1cccc(/C(=C\C2=NCCN2)c2ccc3ccccc3n2)c1. The van der Waals surface area contributed by atoms with Crippen molar-refractivity contribution in [1.82, 2.24) is 10.3 Å². The van der Waals surface area contributed by atoms with E-state index in [0.717, 1.165) is 23.0 Å². The maximum atomic E-state index is 13.2. The second-order valence-corrected chi connectivity index (χ2v) is 6.22. The van der Waals surface area contributed by atoms with E-state index in [9.17, 15) is 13.2 Å². The minimum Gasteiger partial charge on any atom is -0.369 e. The molecule has 1 aliphatic heterocycles. The molecule has 3 aromatic rings. The number of aliphatic imine (C=N–C) groups is 1. The Morgan fingerprint density at radius 2 is 1.85 bits per heavy atom. The quantitative estimate of drug-likeness (QED) is 0.729. The highest BCUT2D eigenvalue weighted by atomic mass is 19.4. The van der Waals surface area contributed by atoms with Gasteiger partial charge in [0.25, 0.3) is 0 Å². The fourth-order valence-corrected chi connectivity index (χ4v) is 3.03. The molecule has 0 fully saturated rings. The molecule has 0 bridgehead atoms. The highest BCUT2D eigenvalue weighted by Crippen LogP contribution is 2.32. The van der Waals surface area contributed by atoms with Crippen LogP contribution in [-0.4, -0.2) is 23.9 Å². The molecule has 4 rings (SSSR count). The zero-order chi connectivity index (χ0) is 18.9. The van der Waals surface area contributed by atoms with Gasteiger partial charge in [0.2, 0.25) is 0 Å². The molecule has 2 aromatic carbocycles. The second kappa shape index (κ2) is 6.87. The van der Waals surface area contributed by atoms with Gasteiger partial charge in [-0.1, -0.05) is 36.4 Å². The van der Waals surface area contributed by atoms with Crippen LogP contribution in [0.1, 0.15) is 16.8 Å². The number of nitrogens with zero attached hydrogens (tertiary/aromatic N) is 2. The van der Waals surface area contributed by atoms with Gasteiger partial charge in [0.05, 0.1) is 23.3 Å². The molecule has 1 aromatic heterocycles. The lowest BCUT2D eigenvalue weighted by molar-refractivity contribution is -0.137. The van der Waals surface area contributed by atoms with Crippen LogP contribution in [0.4, 0.5) is 13.2 Å². The Bertz CT molecular complexity index is 1050. The Labute approximate surface area is 154 Å². The Kier molecular flexibility index (Phi) is 4.39. The molecule has 0 radical (unpaired) electrons. The van der Waals surface area contributed by atoms with Gasteiger partial charge < -0.3 is 5.32 Å². The van der Waals surface area contributed by atoms with E-state index >= 15 is 0 Å². The van der Waals surface area contributed by atoms with Crippen molar-refractivity contribution in [3.05, 3.63) is 83.6 Å². The lowest BCUT2D eigenvalue weighted by Gasteiger charge is -2.12. The minimum atomic E-state index is -4.40. The molecular weight excluding hydrogens is 351 g/mol. The number of amidine groups is 1.